The molecule has 1 aliphatic heterocycles. The van der Waals surface area contributed by atoms with E-state index in [1.54, 1.807) is 0 Å². The van der Waals surface area contributed by atoms with E-state index >= 15 is 0 Å². The van der Waals surface area contributed by atoms with Crippen LogP contribution in [0.1, 0.15) is 0 Å². The summed E-state index contributed by atoms with van der Waals surface area (Å²) in [6, 6.07) is 0. The molecule has 86 valence electrons. The highest BCUT2D eigenvalue weighted by molar-refractivity contribution is 6.51. The largest absolute Gasteiger partial charge is 1.00 e. The standard InChI is InChI=1S/C4H2Cl3F4O2.FH/c5-3(6)4(7,10)13(11)2(8,9)1-12-3;/h1H2;1H/q+1;/p-1. The molecule has 1 heterocycles. The van der Waals surface area contributed by atoms with Crippen molar-refractivity contribution < 1.29 is 31.7 Å². The van der Waals surface area contributed by atoms with Gasteiger partial charge in [0.05, 0.1) is 0 Å². The third-order valence-electron chi connectivity index (χ3n) is 1.25. The van der Waals surface area contributed by atoms with Crippen molar-refractivity contribution in [3.8, 4) is 0 Å². The fraction of sp³-hybridized carbons (Fsp3) is 1.00. The molecule has 1 unspecified atom stereocenters. The van der Waals surface area contributed by atoms with Gasteiger partial charge in [-0.3, -0.25) is 0 Å². The number of rotatable bonds is 0. The quantitative estimate of drug-likeness (QED) is 0.347. The molecule has 1 atom stereocenters. The lowest BCUT2D eigenvalue weighted by atomic mass is 10.5. The maximum atomic E-state index is 12.9. The van der Waals surface area contributed by atoms with E-state index in [4.69, 9.17) is 23.2 Å². The van der Waals surface area contributed by atoms with Gasteiger partial charge < -0.3 is 9.44 Å². The first-order valence-corrected chi connectivity index (χ1v) is 3.93. The van der Waals surface area contributed by atoms with Crippen LogP contribution in [0.4, 0.5) is 17.7 Å². The van der Waals surface area contributed by atoms with Gasteiger partial charge in [-0.25, -0.2) is 0 Å². The molecule has 0 saturated carbocycles. The van der Waals surface area contributed by atoms with Gasteiger partial charge in [0, 0.05) is 11.6 Å². The fourth-order valence-corrected chi connectivity index (χ4v) is 1.01. The summed E-state index contributed by atoms with van der Waals surface area (Å²) in [7, 11) is 0. The number of hydrogen-bond donors (Lipinski definition) is 0. The predicted octanol–water partition coefficient (Wildman–Crippen LogP) is 0.0437. The van der Waals surface area contributed by atoms with E-state index in [1.165, 1.54) is 0 Å². The number of ether oxygens (including phenoxy) is 1. The molecular formula is C4H2Cl3F5O2. The molecular weight excluding hydrogens is 281 g/mol. The lowest BCUT2D eigenvalue weighted by Crippen LogP contribution is -3.00. The molecule has 10 heteroatoms. The normalized spacial score (nSPS) is 36.2. The molecule has 0 amide bonds. The van der Waals surface area contributed by atoms with Crippen molar-refractivity contribution in [2.24, 2.45) is 0 Å². The van der Waals surface area contributed by atoms with Gasteiger partial charge in [0.1, 0.15) is 4.53 Å². The minimum atomic E-state index is -4.29. The molecule has 0 spiro atoms. The predicted molar refractivity (Wildman–Crippen MR) is 37.2 cm³/mol. The Bertz CT molecular complexity index is 223. The van der Waals surface area contributed by atoms with Gasteiger partial charge in [-0.1, -0.05) is 27.8 Å². The van der Waals surface area contributed by atoms with E-state index in [-0.39, 0.29) is 4.70 Å². The van der Waals surface area contributed by atoms with Crippen LogP contribution in [-0.2, 0) is 9.31 Å². The Kier molecular flexibility index (Phi) is 3.90. The topological polar surface area (TPSA) is 11.9 Å². The van der Waals surface area contributed by atoms with E-state index in [9.17, 15) is 17.7 Å². The highest BCUT2D eigenvalue weighted by atomic mass is 35.5. The smallest absolute Gasteiger partial charge is 0.542 e. The van der Waals surface area contributed by atoms with Gasteiger partial charge in [-0.05, 0) is 0 Å². The summed E-state index contributed by atoms with van der Waals surface area (Å²) >= 11 is 14.6. The van der Waals surface area contributed by atoms with Crippen LogP contribution in [0.2, 0.25) is 0 Å². The second kappa shape index (κ2) is 3.79. The summed E-state index contributed by atoms with van der Waals surface area (Å²) in [5.74, 6) is 0. The zero-order chi connectivity index (χ0) is 10.5. The van der Waals surface area contributed by atoms with Crippen LogP contribution in [0.15, 0.2) is 0 Å². The first kappa shape index (κ1) is 14.4. The van der Waals surface area contributed by atoms with Crippen LogP contribution in [0.5, 0.6) is 0 Å². The second-order valence-electron chi connectivity index (χ2n) is 2.22. The Morgan fingerprint density at radius 1 is 1.14 bits per heavy atom. The van der Waals surface area contributed by atoms with Crippen molar-refractivity contribution >= 4 is 34.8 Å². The Labute approximate surface area is 89.6 Å². The summed E-state index contributed by atoms with van der Waals surface area (Å²) in [4.78, 5) is 0. The van der Waals surface area contributed by atoms with E-state index in [0.717, 1.165) is 0 Å². The molecule has 1 saturated heterocycles. The maximum absolute atomic E-state index is 12.9. The van der Waals surface area contributed by atoms with Crippen molar-refractivity contribution in [1.29, 1.82) is 0 Å². The van der Waals surface area contributed by atoms with Crippen molar-refractivity contribution in [2.75, 3.05) is 6.61 Å². The number of alkyl halides is 6. The summed E-state index contributed by atoms with van der Waals surface area (Å²) in [6.45, 7) is -1.53. The van der Waals surface area contributed by atoms with Crippen LogP contribution in [0.25, 0.3) is 0 Å². The minimum Gasteiger partial charge on any atom is -1.00 e. The molecule has 0 radical (unpaired) electrons. The molecule has 1 fully saturated rings. The molecule has 0 bridgehead atoms. The fourth-order valence-electron chi connectivity index (χ4n) is 0.602. The Balaban J connectivity index is 0.00000169. The molecule has 1 aliphatic rings. The average molecular weight is 283 g/mol. The minimum absolute atomic E-state index is 0. The van der Waals surface area contributed by atoms with E-state index in [2.05, 4.69) is 16.3 Å². The van der Waals surface area contributed by atoms with Gasteiger partial charge in [-0.15, -0.1) is 13.2 Å². The first-order chi connectivity index (χ1) is 5.61. The monoisotopic (exact) mass is 282 g/mol. The van der Waals surface area contributed by atoms with E-state index in [1.807, 2.05) is 0 Å². The Morgan fingerprint density at radius 2 is 1.57 bits per heavy atom. The van der Waals surface area contributed by atoms with Crippen molar-refractivity contribution in [1.82, 2.24) is 0 Å². The zero-order valence-electron chi connectivity index (χ0n) is 6.05. The molecule has 0 N–H and O–H groups in total. The van der Waals surface area contributed by atoms with Crippen LogP contribution in [0.3, 0.4) is 0 Å². The second-order valence-corrected chi connectivity index (χ2v) is 3.96. The molecule has 1 rings (SSSR count). The maximum Gasteiger partial charge on any atom is 0.542 e. The molecule has 0 aromatic carbocycles. The van der Waals surface area contributed by atoms with Gasteiger partial charge in [-0.2, -0.15) is 0 Å². The van der Waals surface area contributed by atoms with Gasteiger partial charge >= 0.3 is 15.9 Å². The SMILES string of the molecule is F[O+]1C(F)(F)COC(Cl)(Cl)C1(F)Cl.[F-]. The third-order valence-corrected chi connectivity index (χ3v) is 2.55. The number of hydrogen-bond acceptors (Lipinski definition) is 1. The first-order valence-electron chi connectivity index (χ1n) is 2.79. The van der Waals surface area contributed by atoms with Crippen molar-refractivity contribution in [3.05, 3.63) is 0 Å². The van der Waals surface area contributed by atoms with Crippen molar-refractivity contribution in [3.63, 3.8) is 0 Å². The highest BCUT2D eigenvalue weighted by Crippen LogP contribution is 2.54. The zero-order valence-corrected chi connectivity index (χ0v) is 8.32. The van der Waals surface area contributed by atoms with Crippen LogP contribution in [0, 0.1) is 0 Å². The average Bonchev–Trinajstić information content (AvgIpc) is 1.97. The third kappa shape index (κ3) is 2.01. The Hall–Kier alpha value is 0.440. The Morgan fingerprint density at radius 3 is 1.93 bits per heavy atom. The lowest BCUT2D eigenvalue weighted by molar-refractivity contribution is -0.590. The number of halogens is 8. The summed E-state index contributed by atoms with van der Waals surface area (Å²) in [5, 5.41) is -3.92. The molecule has 0 aromatic rings. The van der Waals surface area contributed by atoms with Gasteiger partial charge in [0.25, 0.3) is 0 Å². The van der Waals surface area contributed by atoms with E-state index < -0.39 is 27.1 Å². The van der Waals surface area contributed by atoms with Crippen LogP contribution in [-0.4, -0.2) is 22.5 Å². The molecule has 0 aromatic heterocycles. The summed E-state index contributed by atoms with van der Waals surface area (Å²) in [5.41, 5.74) is 0. The highest BCUT2D eigenvalue weighted by Gasteiger charge is 2.77. The summed E-state index contributed by atoms with van der Waals surface area (Å²) in [6.07, 6.45) is -4.29. The van der Waals surface area contributed by atoms with Gasteiger partial charge in [0.2, 0.25) is 0 Å². The summed E-state index contributed by atoms with van der Waals surface area (Å²) < 4.78 is 50.5. The van der Waals surface area contributed by atoms with E-state index in [0.29, 0.717) is 0 Å². The molecule has 0 aliphatic carbocycles. The van der Waals surface area contributed by atoms with Gasteiger partial charge in [0.15, 0.2) is 6.61 Å². The van der Waals surface area contributed by atoms with Crippen LogP contribution < -0.4 is 4.70 Å². The molecule has 2 nitrogen and oxygen atoms in total. The van der Waals surface area contributed by atoms with Crippen molar-refractivity contribution in [2.45, 2.75) is 15.9 Å². The lowest BCUT2D eigenvalue weighted by Gasteiger charge is -2.34. The molecule has 14 heavy (non-hydrogen) atoms. The van der Waals surface area contributed by atoms with Crippen LogP contribution >= 0.6 is 34.8 Å².